The third-order valence-corrected chi connectivity index (χ3v) is 2.33. The molecule has 12 heavy (non-hydrogen) atoms. The molecule has 0 unspecified atom stereocenters. The van der Waals surface area contributed by atoms with Gasteiger partial charge in [0.1, 0.15) is 5.02 Å². The molecule has 64 valence electrons. The van der Waals surface area contributed by atoms with E-state index in [1.165, 1.54) is 12.1 Å². The average Bonchev–Trinajstić information content (AvgIpc) is 1.96. The second kappa shape index (κ2) is 3.51. The highest BCUT2D eigenvalue weighted by atomic mass is 35.5. The fourth-order valence-corrected chi connectivity index (χ4v) is 1.31. The van der Waals surface area contributed by atoms with E-state index in [9.17, 15) is 10.1 Å². The zero-order valence-electron chi connectivity index (χ0n) is 5.62. The molecular formula is C6H3Cl2NO2S. The number of nitro groups is 1. The lowest BCUT2D eigenvalue weighted by Gasteiger charge is -1.98. The third kappa shape index (κ3) is 1.83. The molecule has 0 aliphatic rings. The number of nitro benzene ring substituents is 1. The van der Waals surface area contributed by atoms with Crippen molar-refractivity contribution in [3.05, 3.63) is 32.3 Å². The van der Waals surface area contributed by atoms with Crippen molar-refractivity contribution in [1.29, 1.82) is 0 Å². The molecule has 0 bridgehead atoms. The van der Waals surface area contributed by atoms with Crippen LogP contribution in [0.5, 0.6) is 0 Å². The fraction of sp³-hybridized carbons (Fsp3) is 0. The maximum absolute atomic E-state index is 10.3. The molecule has 0 heterocycles. The van der Waals surface area contributed by atoms with Crippen molar-refractivity contribution in [2.24, 2.45) is 0 Å². The normalized spacial score (nSPS) is 9.92. The molecule has 0 spiro atoms. The van der Waals surface area contributed by atoms with Crippen LogP contribution in [0.3, 0.4) is 0 Å². The van der Waals surface area contributed by atoms with Crippen LogP contribution in [0, 0.1) is 10.1 Å². The minimum Gasteiger partial charge on any atom is -0.258 e. The standard InChI is InChI=1S/C6H3Cl2NO2S/c7-3-1-4(8)6(12)2-5(3)9(10)11/h1-2,12H. The number of hydrogen-bond acceptors (Lipinski definition) is 3. The molecule has 0 saturated carbocycles. The van der Waals surface area contributed by atoms with Gasteiger partial charge in [-0.05, 0) is 6.07 Å². The summed E-state index contributed by atoms with van der Waals surface area (Å²) in [6.45, 7) is 0. The first-order chi connectivity index (χ1) is 5.52. The molecule has 0 amide bonds. The van der Waals surface area contributed by atoms with Crippen molar-refractivity contribution in [1.82, 2.24) is 0 Å². The molecule has 3 nitrogen and oxygen atoms in total. The van der Waals surface area contributed by atoms with Crippen molar-refractivity contribution >= 4 is 41.5 Å². The predicted molar refractivity (Wildman–Crippen MR) is 50.4 cm³/mol. The Morgan fingerprint density at radius 2 is 1.92 bits per heavy atom. The topological polar surface area (TPSA) is 43.1 Å². The van der Waals surface area contributed by atoms with Gasteiger partial charge in [-0.15, -0.1) is 12.6 Å². The summed E-state index contributed by atoms with van der Waals surface area (Å²) in [5.41, 5.74) is -0.189. The molecule has 0 aliphatic carbocycles. The van der Waals surface area contributed by atoms with E-state index in [4.69, 9.17) is 23.2 Å². The highest BCUT2D eigenvalue weighted by Crippen LogP contribution is 2.32. The van der Waals surface area contributed by atoms with Gasteiger partial charge in [0, 0.05) is 11.0 Å². The number of halogens is 2. The molecule has 6 heteroatoms. The molecule has 1 rings (SSSR count). The van der Waals surface area contributed by atoms with Gasteiger partial charge in [-0.25, -0.2) is 0 Å². The summed E-state index contributed by atoms with van der Waals surface area (Å²) in [6, 6.07) is 2.51. The molecule has 0 saturated heterocycles. The van der Waals surface area contributed by atoms with Crippen molar-refractivity contribution in [3.8, 4) is 0 Å². The zero-order valence-corrected chi connectivity index (χ0v) is 8.03. The summed E-state index contributed by atoms with van der Waals surface area (Å²) in [6.07, 6.45) is 0. The van der Waals surface area contributed by atoms with Crippen LogP contribution >= 0.6 is 35.8 Å². The Hall–Kier alpha value is -0.450. The quantitative estimate of drug-likeness (QED) is 0.452. The first-order valence-electron chi connectivity index (χ1n) is 2.85. The summed E-state index contributed by atoms with van der Waals surface area (Å²) in [4.78, 5) is 10.1. The van der Waals surface area contributed by atoms with Gasteiger partial charge in [-0.3, -0.25) is 10.1 Å². The van der Waals surface area contributed by atoms with Crippen LogP contribution in [0.2, 0.25) is 10.0 Å². The van der Waals surface area contributed by atoms with Gasteiger partial charge < -0.3 is 0 Å². The smallest absolute Gasteiger partial charge is 0.258 e. The Kier molecular flexibility index (Phi) is 2.82. The third-order valence-electron chi connectivity index (χ3n) is 1.21. The van der Waals surface area contributed by atoms with E-state index >= 15 is 0 Å². The van der Waals surface area contributed by atoms with Crippen LogP contribution in [0.15, 0.2) is 17.0 Å². The second-order valence-corrected chi connectivity index (χ2v) is 3.31. The minimum absolute atomic E-state index is 0.0165. The lowest BCUT2D eigenvalue weighted by atomic mass is 10.3. The summed E-state index contributed by atoms with van der Waals surface area (Å²) in [5, 5.41) is 10.6. The summed E-state index contributed by atoms with van der Waals surface area (Å²) in [7, 11) is 0. The van der Waals surface area contributed by atoms with Crippen LogP contribution in [0.4, 0.5) is 5.69 Å². The number of hydrogen-bond donors (Lipinski definition) is 1. The van der Waals surface area contributed by atoms with E-state index in [0.29, 0.717) is 9.92 Å². The van der Waals surface area contributed by atoms with Gasteiger partial charge in [0.05, 0.1) is 9.95 Å². The van der Waals surface area contributed by atoms with Crippen LogP contribution in [0.25, 0.3) is 0 Å². The number of thiol groups is 1. The van der Waals surface area contributed by atoms with E-state index in [1.54, 1.807) is 0 Å². The van der Waals surface area contributed by atoms with Crippen molar-refractivity contribution < 1.29 is 4.92 Å². The van der Waals surface area contributed by atoms with Gasteiger partial charge in [0.25, 0.3) is 5.69 Å². The van der Waals surface area contributed by atoms with E-state index in [-0.39, 0.29) is 10.7 Å². The molecule has 0 radical (unpaired) electrons. The van der Waals surface area contributed by atoms with Crippen LogP contribution in [0.1, 0.15) is 0 Å². The molecule has 0 fully saturated rings. The maximum atomic E-state index is 10.3. The number of benzene rings is 1. The number of rotatable bonds is 1. The Morgan fingerprint density at radius 1 is 1.33 bits per heavy atom. The van der Waals surface area contributed by atoms with Gasteiger partial charge in [0.2, 0.25) is 0 Å². The predicted octanol–water partition coefficient (Wildman–Crippen LogP) is 3.19. The van der Waals surface area contributed by atoms with E-state index < -0.39 is 4.92 Å². The lowest BCUT2D eigenvalue weighted by Crippen LogP contribution is -1.89. The second-order valence-electron chi connectivity index (χ2n) is 2.01. The highest BCUT2D eigenvalue weighted by Gasteiger charge is 2.14. The van der Waals surface area contributed by atoms with Gasteiger partial charge in [-0.2, -0.15) is 0 Å². The molecule has 0 atom stereocenters. The maximum Gasteiger partial charge on any atom is 0.289 e. The first kappa shape index (κ1) is 9.64. The Morgan fingerprint density at radius 3 is 2.42 bits per heavy atom. The average molecular weight is 224 g/mol. The van der Waals surface area contributed by atoms with E-state index in [1.807, 2.05) is 0 Å². The Bertz CT molecular complexity index is 343. The van der Waals surface area contributed by atoms with Crippen LogP contribution < -0.4 is 0 Å². The van der Waals surface area contributed by atoms with E-state index in [2.05, 4.69) is 12.6 Å². The molecule has 1 aromatic rings. The van der Waals surface area contributed by atoms with Gasteiger partial charge in [-0.1, -0.05) is 23.2 Å². The van der Waals surface area contributed by atoms with Crippen molar-refractivity contribution in [2.45, 2.75) is 4.90 Å². The summed E-state index contributed by atoms with van der Waals surface area (Å²) in [5.74, 6) is 0. The van der Waals surface area contributed by atoms with Crippen LogP contribution in [-0.2, 0) is 0 Å². The largest absolute Gasteiger partial charge is 0.289 e. The monoisotopic (exact) mass is 223 g/mol. The number of nitrogens with zero attached hydrogens (tertiary/aromatic N) is 1. The minimum atomic E-state index is -0.585. The van der Waals surface area contributed by atoms with Gasteiger partial charge in [0.15, 0.2) is 0 Å². The molecule has 0 aromatic heterocycles. The summed E-state index contributed by atoms with van der Waals surface area (Å²) < 4.78 is 0. The zero-order chi connectivity index (χ0) is 9.30. The lowest BCUT2D eigenvalue weighted by molar-refractivity contribution is -0.384. The molecule has 1 aromatic carbocycles. The Labute approximate surface area is 83.8 Å². The van der Waals surface area contributed by atoms with Crippen molar-refractivity contribution in [2.75, 3.05) is 0 Å². The van der Waals surface area contributed by atoms with Crippen molar-refractivity contribution in [3.63, 3.8) is 0 Å². The van der Waals surface area contributed by atoms with E-state index in [0.717, 1.165) is 0 Å². The molecule has 0 aliphatic heterocycles. The Balaban J connectivity index is 3.33. The highest BCUT2D eigenvalue weighted by molar-refractivity contribution is 7.80. The molecular weight excluding hydrogens is 221 g/mol. The molecule has 0 N–H and O–H groups in total. The first-order valence-corrected chi connectivity index (χ1v) is 4.05. The summed E-state index contributed by atoms with van der Waals surface area (Å²) >= 11 is 15.1. The SMILES string of the molecule is O=[N+]([O-])c1cc(S)c(Cl)cc1Cl. The van der Waals surface area contributed by atoms with Crippen LogP contribution in [-0.4, -0.2) is 4.92 Å². The van der Waals surface area contributed by atoms with Gasteiger partial charge >= 0.3 is 0 Å². The fourth-order valence-electron chi connectivity index (χ4n) is 0.666.